The summed E-state index contributed by atoms with van der Waals surface area (Å²) < 4.78 is 14.5. The molecule has 2 aromatic heterocycles. The van der Waals surface area contributed by atoms with Gasteiger partial charge in [-0.1, -0.05) is 71.0 Å². The van der Waals surface area contributed by atoms with Gasteiger partial charge in [-0.15, -0.1) is 20.4 Å². The first-order chi connectivity index (χ1) is 24.6. The highest BCUT2D eigenvalue weighted by Gasteiger charge is 2.22. The topological polar surface area (TPSA) is 121 Å². The Bertz CT molecular complexity index is 1700. The molecular formula is C38H55ClN8O3S. The number of hydrogen-bond acceptors (Lipinski definition) is 9. The van der Waals surface area contributed by atoms with Crippen LogP contribution in [0.1, 0.15) is 82.9 Å². The first-order valence-corrected chi connectivity index (χ1v) is 18.2. The molecule has 0 radical (unpaired) electrons. The van der Waals surface area contributed by atoms with Crippen LogP contribution in [-0.2, 0) is 22.5 Å². The van der Waals surface area contributed by atoms with E-state index in [2.05, 4.69) is 51.8 Å². The summed E-state index contributed by atoms with van der Waals surface area (Å²) in [6.45, 7) is 23.4. The van der Waals surface area contributed by atoms with Crippen molar-refractivity contribution in [1.82, 2.24) is 34.8 Å². The van der Waals surface area contributed by atoms with Crippen molar-refractivity contribution in [3.63, 3.8) is 0 Å². The number of allylic oxidation sites excluding steroid dienone is 3. The first kappa shape index (κ1) is 44.8. The number of hydrogen-bond donors (Lipinski definition) is 2. The predicted molar refractivity (Wildman–Crippen MR) is 214 cm³/mol. The molecule has 4 aromatic rings. The number of carbonyl (C=O) groups is 1. The van der Waals surface area contributed by atoms with Gasteiger partial charge in [0.1, 0.15) is 29.8 Å². The molecule has 1 N–H and O–H groups in total. The van der Waals surface area contributed by atoms with Crippen LogP contribution in [0, 0.1) is 13.8 Å². The molecule has 11 nitrogen and oxygen atoms in total. The molecular weight excluding hydrogens is 684 g/mol. The van der Waals surface area contributed by atoms with Gasteiger partial charge >= 0.3 is 0 Å². The molecule has 3 heterocycles. The van der Waals surface area contributed by atoms with Crippen molar-refractivity contribution in [3.05, 3.63) is 101 Å². The molecule has 0 aliphatic carbocycles. The van der Waals surface area contributed by atoms with E-state index in [0.717, 1.165) is 69.4 Å². The maximum Gasteiger partial charge on any atom is 0.216 e. The fourth-order valence-corrected chi connectivity index (χ4v) is 5.00. The monoisotopic (exact) mass is 738 g/mol. The molecule has 1 aliphatic heterocycles. The number of nitrogens with zero attached hydrogens (tertiary/aromatic N) is 7. The number of benzene rings is 2. The summed E-state index contributed by atoms with van der Waals surface area (Å²) in [6, 6.07) is 13.6. The Morgan fingerprint density at radius 1 is 1.00 bits per heavy atom. The Hall–Kier alpha value is -4.26. The first-order valence-electron chi connectivity index (χ1n) is 17.2. The van der Waals surface area contributed by atoms with Crippen LogP contribution in [0.25, 0.3) is 11.4 Å². The van der Waals surface area contributed by atoms with Crippen LogP contribution in [0.3, 0.4) is 0 Å². The molecule has 1 amide bonds. The third kappa shape index (κ3) is 13.8. The summed E-state index contributed by atoms with van der Waals surface area (Å²) in [4.78, 5) is 15.1. The van der Waals surface area contributed by atoms with E-state index in [-0.39, 0.29) is 5.91 Å². The number of thiol groups is 1. The van der Waals surface area contributed by atoms with Crippen LogP contribution < -0.4 is 10.1 Å². The number of amides is 1. The largest absolute Gasteiger partial charge is 0.497 e. The fraction of sp³-hybridized carbons (Fsp3) is 0.421. The molecule has 278 valence electrons. The fourth-order valence-electron chi connectivity index (χ4n) is 4.74. The number of rotatable bonds is 10. The van der Waals surface area contributed by atoms with Crippen LogP contribution in [0.4, 0.5) is 0 Å². The zero-order chi connectivity index (χ0) is 38.3. The van der Waals surface area contributed by atoms with Crippen molar-refractivity contribution in [2.24, 2.45) is 4.99 Å². The highest BCUT2D eigenvalue weighted by Crippen LogP contribution is 2.29. The van der Waals surface area contributed by atoms with Gasteiger partial charge in [0.25, 0.3) is 0 Å². The number of carbonyl (C=O) groups excluding carboxylic acids is 1. The summed E-state index contributed by atoms with van der Waals surface area (Å²) >= 11 is 9.98. The molecule has 0 bridgehead atoms. The Balaban J connectivity index is 0.000000409. The molecule has 0 atom stereocenters. The molecule has 0 saturated heterocycles. The third-order valence-electron chi connectivity index (χ3n) is 6.86. The standard InChI is InChI=1S/C18H15ClN4O.C10H15N3.C6H13NO2S.2C2H6/c1-11-21-22-17-10-20-18(12-3-5-13(19)6-4-12)15-9-14(24-2)7-8-16(15)23(11)17;1-5-7-8(3)13-9(4)11-12-10(13)6-2;1-6(8)7-2-3-9-4-5-10;2*1-2/h3-9H,10H2,1-2H3;5,7H,1,6H2,2-4H3;10H,2-5H2,1H3,(H,7,8);2*1-2H3/b;8-7+;;;. The Morgan fingerprint density at radius 2 is 1.67 bits per heavy atom. The molecule has 0 fully saturated rings. The normalized spacial score (nSPS) is 11.1. The maximum absolute atomic E-state index is 10.3. The van der Waals surface area contributed by atoms with E-state index >= 15 is 0 Å². The molecule has 2 aromatic carbocycles. The molecule has 0 saturated carbocycles. The van der Waals surface area contributed by atoms with Gasteiger partial charge in [-0.2, -0.15) is 12.6 Å². The molecule has 0 spiro atoms. The number of halogens is 1. The lowest BCUT2D eigenvalue weighted by Crippen LogP contribution is -2.24. The zero-order valence-corrected chi connectivity index (χ0v) is 33.5. The van der Waals surface area contributed by atoms with E-state index in [9.17, 15) is 4.79 Å². The quantitative estimate of drug-likeness (QED) is 0.0964. The number of aromatic nitrogens is 6. The highest BCUT2D eigenvalue weighted by atomic mass is 35.5. The molecule has 5 rings (SSSR count). The van der Waals surface area contributed by atoms with Crippen molar-refractivity contribution in [2.45, 2.75) is 75.3 Å². The van der Waals surface area contributed by atoms with Crippen LogP contribution >= 0.6 is 24.2 Å². The maximum atomic E-state index is 10.3. The van der Waals surface area contributed by atoms with Crippen molar-refractivity contribution in [3.8, 4) is 11.4 Å². The van der Waals surface area contributed by atoms with E-state index in [1.807, 2.05) is 106 Å². The number of aliphatic imine (C=N–C) groups is 1. The second kappa shape index (κ2) is 24.8. The SMILES string of the molecule is C=C/C=C(\C)n1c(C)nnc1CC.CC.CC.CC(=O)NCCOCCS.COc1ccc2c(c1)C(c1ccc(Cl)cc1)=NCc1nnc(C)n1-2. The lowest BCUT2D eigenvalue weighted by Gasteiger charge is -2.14. The van der Waals surface area contributed by atoms with Gasteiger partial charge < -0.3 is 14.8 Å². The van der Waals surface area contributed by atoms with Crippen LogP contribution in [0.5, 0.6) is 5.75 Å². The zero-order valence-electron chi connectivity index (χ0n) is 31.8. The lowest BCUT2D eigenvalue weighted by atomic mass is 10.00. The number of fused-ring (bicyclic) bond motifs is 3. The van der Waals surface area contributed by atoms with Gasteiger partial charge in [0.15, 0.2) is 5.82 Å². The summed E-state index contributed by atoms with van der Waals surface area (Å²) in [5, 5.41) is 19.9. The van der Waals surface area contributed by atoms with E-state index in [1.54, 1.807) is 13.2 Å². The number of nitrogens with one attached hydrogen (secondary N) is 1. The van der Waals surface area contributed by atoms with Crippen LogP contribution in [0.2, 0.25) is 5.02 Å². The minimum Gasteiger partial charge on any atom is -0.497 e. The Labute approximate surface area is 314 Å². The third-order valence-corrected chi connectivity index (χ3v) is 7.30. The molecule has 51 heavy (non-hydrogen) atoms. The van der Waals surface area contributed by atoms with Crippen LogP contribution in [-0.4, -0.2) is 73.8 Å². The molecule has 1 aliphatic rings. The minimum absolute atomic E-state index is 0.0190. The second-order valence-corrected chi connectivity index (χ2v) is 11.2. The van der Waals surface area contributed by atoms with Gasteiger partial charge in [0.2, 0.25) is 5.91 Å². The van der Waals surface area contributed by atoms with E-state index in [0.29, 0.717) is 31.3 Å². The van der Waals surface area contributed by atoms with Crippen molar-refractivity contribution in [1.29, 1.82) is 0 Å². The smallest absolute Gasteiger partial charge is 0.216 e. The Morgan fingerprint density at radius 3 is 2.25 bits per heavy atom. The van der Waals surface area contributed by atoms with Gasteiger partial charge in [-0.3, -0.25) is 18.9 Å². The molecule has 13 heteroatoms. The van der Waals surface area contributed by atoms with Gasteiger partial charge in [-0.05, 0) is 57.2 Å². The number of methoxy groups -OCH3 is 1. The predicted octanol–water partition coefficient (Wildman–Crippen LogP) is 7.91. The summed E-state index contributed by atoms with van der Waals surface area (Å²) in [6.07, 6.45) is 4.62. The summed E-state index contributed by atoms with van der Waals surface area (Å²) in [5.41, 5.74) is 4.99. The van der Waals surface area contributed by atoms with E-state index in [4.69, 9.17) is 26.1 Å². The lowest BCUT2D eigenvalue weighted by molar-refractivity contribution is -0.119. The van der Waals surface area contributed by atoms with Crippen molar-refractivity contribution < 1.29 is 14.3 Å². The highest BCUT2D eigenvalue weighted by molar-refractivity contribution is 7.80. The Kier molecular flexibility index (Phi) is 21.8. The van der Waals surface area contributed by atoms with Crippen LogP contribution in [0.15, 0.2) is 66.2 Å². The average Bonchev–Trinajstić information content (AvgIpc) is 3.66. The van der Waals surface area contributed by atoms with Crippen molar-refractivity contribution in [2.75, 3.05) is 32.6 Å². The second-order valence-electron chi connectivity index (χ2n) is 10.3. The van der Waals surface area contributed by atoms with Gasteiger partial charge in [-0.25, -0.2) is 0 Å². The minimum atomic E-state index is -0.0190. The number of aryl methyl sites for hydroxylation is 3. The number of ether oxygens (including phenoxy) is 2. The molecule has 0 unspecified atom stereocenters. The summed E-state index contributed by atoms with van der Waals surface area (Å²) in [5.74, 6) is 5.06. The van der Waals surface area contributed by atoms with E-state index < -0.39 is 0 Å². The van der Waals surface area contributed by atoms with Gasteiger partial charge in [0, 0.05) is 47.5 Å². The summed E-state index contributed by atoms with van der Waals surface area (Å²) in [7, 11) is 1.66. The average molecular weight is 739 g/mol. The van der Waals surface area contributed by atoms with Gasteiger partial charge in [0.05, 0.1) is 31.7 Å². The van der Waals surface area contributed by atoms with Crippen molar-refractivity contribution >= 4 is 41.5 Å². The van der Waals surface area contributed by atoms with E-state index in [1.165, 1.54) is 6.92 Å².